The molecule has 0 aliphatic carbocycles. The summed E-state index contributed by atoms with van der Waals surface area (Å²) in [4.78, 5) is 17.5. The van der Waals surface area contributed by atoms with E-state index >= 15 is 0 Å². The summed E-state index contributed by atoms with van der Waals surface area (Å²) in [5, 5.41) is 6.28. The number of hydrogen-bond acceptors (Lipinski definition) is 4. The predicted molar refractivity (Wildman–Crippen MR) is 123 cm³/mol. The maximum atomic E-state index is 4.37. The summed E-state index contributed by atoms with van der Waals surface area (Å²) < 4.78 is 0. The maximum absolute atomic E-state index is 4.37. The Labute approximate surface area is 201 Å². The fraction of sp³-hybridized carbons (Fsp3) is 0.600. The molecule has 0 atom stereocenters. The molecule has 0 unspecified atom stereocenters. The molecule has 2 aliphatic heterocycles. The number of nitrogens with zero attached hydrogens (tertiary/aromatic N) is 4. The Morgan fingerprint density at radius 1 is 0.481 bits per heavy atom. The van der Waals surface area contributed by atoms with Crippen LogP contribution in [0.15, 0.2) is 44.3 Å². The van der Waals surface area contributed by atoms with Crippen LogP contribution in [0.2, 0.25) is 0 Å². The van der Waals surface area contributed by atoms with E-state index in [1.54, 1.807) is 0 Å². The molecular weight excluding hydrogens is 412 g/mol. The van der Waals surface area contributed by atoms with Crippen LogP contribution in [0, 0.1) is 0 Å². The Balaban J connectivity index is 0.000000483. The van der Waals surface area contributed by atoms with E-state index in [0.717, 1.165) is 23.3 Å². The zero-order chi connectivity index (χ0) is 19.7. The van der Waals surface area contributed by atoms with E-state index in [4.69, 9.17) is 0 Å². The van der Waals surface area contributed by atoms with Gasteiger partial charge in [-0.05, 0) is 79.7 Å². The van der Waals surface area contributed by atoms with Crippen molar-refractivity contribution in [2.24, 2.45) is 20.0 Å². The fourth-order valence-electron chi connectivity index (χ4n) is 2.16. The van der Waals surface area contributed by atoms with Crippen LogP contribution in [0.3, 0.4) is 0 Å². The van der Waals surface area contributed by atoms with Crippen molar-refractivity contribution in [1.29, 1.82) is 0 Å². The molecule has 6 nitrogen and oxygen atoms in total. The molecule has 0 bridgehead atoms. The fourth-order valence-corrected chi connectivity index (χ4v) is 2.16. The van der Waals surface area contributed by atoms with Gasteiger partial charge in [-0.1, -0.05) is 0 Å². The SMILES string of the molecule is CC(C)N=C1C=CC(=NC(C)C)N1.CC(C)N=C1C=CC(=NC(C)C)N1.[SrH2]. The van der Waals surface area contributed by atoms with E-state index in [0.29, 0.717) is 24.2 Å². The normalized spacial score (nSPS) is 21.5. The summed E-state index contributed by atoms with van der Waals surface area (Å²) in [7, 11) is 0. The zero-order valence-corrected chi connectivity index (χ0v) is 17.4. The molecule has 0 saturated carbocycles. The first-order valence-corrected chi connectivity index (χ1v) is 9.37. The molecule has 27 heavy (non-hydrogen) atoms. The van der Waals surface area contributed by atoms with Crippen molar-refractivity contribution in [1.82, 2.24) is 10.6 Å². The molecule has 0 amide bonds. The van der Waals surface area contributed by atoms with Crippen LogP contribution in [0.4, 0.5) is 0 Å². The first-order chi connectivity index (χ1) is 12.2. The van der Waals surface area contributed by atoms with Gasteiger partial charge in [-0.2, -0.15) is 0 Å². The van der Waals surface area contributed by atoms with Crippen molar-refractivity contribution < 1.29 is 0 Å². The van der Waals surface area contributed by atoms with E-state index in [9.17, 15) is 0 Å². The van der Waals surface area contributed by atoms with E-state index in [-0.39, 0.29) is 45.5 Å². The van der Waals surface area contributed by atoms with Gasteiger partial charge in [0.25, 0.3) is 0 Å². The molecule has 2 N–H and O–H groups in total. The van der Waals surface area contributed by atoms with Crippen molar-refractivity contribution >= 4 is 68.8 Å². The van der Waals surface area contributed by atoms with Crippen molar-refractivity contribution in [3.8, 4) is 0 Å². The molecule has 0 aromatic carbocycles. The molecule has 0 aromatic rings. The second-order valence-electron chi connectivity index (χ2n) is 7.35. The van der Waals surface area contributed by atoms with Gasteiger partial charge in [0.1, 0.15) is 23.3 Å². The van der Waals surface area contributed by atoms with Crippen molar-refractivity contribution in [2.75, 3.05) is 0 Å². The second-order valence-corrected chi connectivity index (χ2v) is 7.35. The summed E-state index contributed by atoms with van der Waals surface area (Å²) in [5.41, 5.74) is 0. The van der Waals surface area contributed by atoms with Crippen molar-refractivity contribution in [3.05, 3.63) is 24.3 Å². The second kappa shape index (κ2) is 13.4. The molecular formula is C20H36N6Sr. The predicted octanol–water partition coefficient (Wildman–Crippen LogP) is 2.60. The van der Waals surface area contributed by atoms with Crippen LogP contribution in [-0.4, -0.2) is 93.0 Å². The summed E-state index contributed by atoms with van der Waals surface area (Å²) in [6.07, 6.45) is 7.84. The van der Waals surface area contributed by atoms with Crippen molar-refractivity contribution in [3.63, 3.8) is 0 Å². The van der Waals surface area contributed by atoms with Gasteiger partial charge in [-0.3, -0.25) is 20.0 Å². The topological polar surface area (TPSA) is 73.5 Å². The summed E-state index contributed by atoms with van der Waals surface area (Å²) in [6, 6.07) is 1.30. The average Bonchev–Trinajstić information content (AvgIpc) is 3.07. The van der Waals surface area contributed by atoms with E-state index in [2.05, 4.69) is 86.0 Å². The van der Waals surface area contributed by atoms with Crippen LogP contribution in [0.1, 0.15) is 55.4 Å². The molecule has 148 valence electrons. The number of nitrogens with one attached hydrogen (secondary N) is 2. The van der Waals surface area contributed by atoms with E-state index in [1.807, 2.05) is 24.3 Å². The minimum atomic E-state index is 0. The van der Waals surface area contributed by atoms with Gasteiger partial charge in [0.05, 0.1) is 0 Å². The van der Waals surface area contributed by atoms with Gasteiger partial charge < -0.3 is 10.6 Å². The van der Waals surface area contributed by atoms with Crippen LogP contribution < -0.4 is 10.6 Å². The average molecular weight is 448 g/mol. The van der Waals surface area contributed by atoms with Crippen LogP contribution >= 0.6 is 0 Å². The van der Waals surface area contributed by atoms with Gasteiger partial charge >= 0.3 is 45.5 Å². The number of aliphatic imine (C=N–C) groups is 4. The third-order valence-electron chi connectivity index (χ3n) is 2.90. The Morgan fingerprint density at radius 2 is 0.667 bits per heavy atom. The summed E-state index contributed by atoms with van der Waals surface area (Å²) in [5.74, 6) is 3.65. The van der Waals surface area contributed by atoms with E-state index < -0.39 is 0 Å². The Morgan fingerprint density at radius 3 is 0.815 bits per heavy atom. The number of amidine groups is 4. The Kier molecular flexibility index (Phi) is 13.0. The quantitative estimate of drug-likeness (QED) is 0.650. The van der Waals surface area contributed by atoms with Crippen LogP contribution in [-0.2, 0) is 0 Å². The zero-order valence-electron chi connectivity index (χ0n) is 17.4. The van der Waals surface area contributed by atoms with Gasteiger partial charge in [-0.25, -0.2) is 0 Å². The number of rotatable bonds is 4. The molecule has 0 radical (unpaired) electrons. The molecule has 0 spiro atoms. The monoisotopic (exact) mass is 448 g/mol. The summed E-state index contributed by atoms with van der Waals surface area (Å²) >= 11 is 0. The van der Waals surface area contributed by atoms with Gasteiger partial charge in [-0.15, -0.1) is 0 Å². The van der Waals surface area contributed by atoms with Gasteiger partial charge in [0.2, 0.25) is 0 Å². The Bertz CT molecular complexity index is 529. The standard InChI is InChI=1S/2C10H17N3.Sr.2H/c2*1-7(2)11-9-5-6-10(13-9)12-8(3)4;;;/h2*5-8H,1-4H3,(H,11,12,13);;;. The van der Waals surface area contributed by atoms with Gasteiger partial charge in [0, 0.05) is 24.2 Å². The van der Waals surface area contributed by atoms with Gasteiger partial charge in [0.15, 0.2) is 0 Å². The van der Waals surface area contributed by atoms with Crippen LogP contribution in [0.25, 0.3) is 0 Å². The molecule has 0 aromatic heterocycles. The summed E-state index contributed by atoms with van der Waals surface area (Å²) in [6.45, 7) is 16.4. The van der Waals surface area contributed by atoms with E-state index in [1.165, 1.54) is 0 Å². The third kappa shape index (κ3) is 12.3. The first kappa shape index (κ1) is 26.2. The Hall–Kier alpha value is -0.759. The van der Waals surface area contributed by atoms with Crippen LogP contribution in [0.5, 0.6) is 0 Å². The number of hydrogen-bond donors (Lipinski definition) is 2. The van der Waals surface area contributed by atoms with Crippen molar-refractivity contribution in [2.45, 2.75) is 79.6 Å². The molecule has 2 rings (SSSR count). The third-order valence-corrected chi connectivity index (χ3v) is 2.90. The molecule has 7 heteroatoms. The molecule has 2 aliphatic rings. The first-order valence-electron chi connectivity index (χ1n) is 9.37. The molecule has 0 saturated heterocycles. The molecule has 0 fully saturated rings. The minimum absolute atomic E-state index is 0. The molecule has 2 heterocycles.